The van der Waals surface area contributed by atoms with E-state index in [-0.39, 0.29) is 0 Å². The first-order chi connectivity index (χ1) is 10.0. The van der Waals surface area contributed by atoms with Crippen LogP contribution in [0, 0.1) is 3.57 Å². The third-order valence-corrected chi connectivity index (χ3v) is 6.68. The van der Waals surface area contributed by atoms with Gasteiger partial charge in [-0.05, 0) is 70.6 Å². The number of sulfonamides is 1. The molecule has 7 heteroatoms. The molecule has 1 fully saturated rings. The molecule has 0 aliphatic heterocycles. The van der Waals surface area contributed by atoms with Gasteiger partial charge in [0.05, 0.1) is 0 Å². The topological polar surface area (TPSA) is 58.2 Å². The molecule has 0 spiro atoms. The van der Waals surface area contributed by atoms with Gasteiger partial charge in [0.1, 0.15) is 4.21 Å². The van der Waals surface area contributed by atoms with Gasteiger partial charge in [0.15, 0.2) is 0 Å². The Balaban J connectivity index is 1.71. The summed E-state index contributed by atoms with van der Waals surface area (Å²) in [6.45, 7) is 0.736. The fourth-order valence-electron chi connectivity index (χ4n) is 1.89. The maximum absolute atomic E-state index is 12.4. The molecule has 1 aromatic heterocycles. The van der Waals surface area contributed by atoms with E-state index in [4.69, 9.17) is 0 Å². The summed E-state index contributed by atoms with van der Waals surface area (Å²) >= 11 is 3.42. The van der Waals surface area contributed by atoms with Crippen LogP contribution < -0.4 is 10.0 Å². The molecule has 2 aromatic rings. The molecule has 1 aliphatic carbocycles. The molecule has 1 heterocycles. The zero-order valence-electron chi connectivity index (χ0n) is 11.2. The number of nitrogens with one attached hydrogen (secondary N) is 2. The lowest BCUT2D eigenvalue weighted by molar-refractivity contribution is 0.603. The van der Waals surface area contributed by atoms with Crippen molar-refractivity contribution in [2.45, 2.75) is 29.6 Å². The SMILES string of the molecule is O=S(=O)(Nc1cccc(I)c1)c1cc(CNC2CC2)cs1. The van der Waals surface area contributed by atoms with Gasteiger partial charge in [-0.3, -0.25) is 4.72 Å². The summed E-state index contributed by atoms with van der Waals surface area (Å²) in [4.78, 5) is 0. The molecule has 1 aromatic carbocycles. The van der Waals surface area contributed by atoms with Crippen LogP contribution in [-0.2, 0) is 16.6 Å². The van der Waals surface area contributed by atoms with E-state index in [1.54, 1.807) is 18.2 Å². The quantitative estimate of drug-likeness (QED) is 0.686. The summed E-state index contributed by atoms with van der Waals surface area (Å²) in [7, 11) is -3.49. The second-order valence-electron chi connectivity index (χ2n) is 5.05. The van der Waals surface area contributed by atoms with Crippen molar-refractivity contribution in [3.05, 3.63) is 44.8 Å². The van der Waals surface area contributed by atoms with Crippen LogP contribution in [0.4, 0.5) is 5.69 Å². The minimum Gasteiger partial charge on any atom is -0.310 e. The highest BCUT2D eigenvalue weighted by Gasteiger charge is 2.21. The zero-order valence-corrected chi connectivity index (χ0v) is 15.0. The minimum absolute atomic E-state index is 0.356. The van der Waals surface area contributed by atoms with E-state index in [1.807, 2.05) is 17.5 Å². The van der Waals surface area contributed by atoms with Crippen molar-refractivity contribution < 1.29 is 8.42 Å². The predicted molar refractivity (Wildman–Crippen MR) is 94.1 cm³/mol. The van der Waals surface area contributed by atoms with Crippen LogP contribution >= 0.6 is 33.9 Å². The third-order valence-electron chi connectivity index (χ3n) is 3.14. The van der Waals surface area contributed by atoms with Gasteiger partial charge in [0, 0.05) is 21.8 Å². The van der Waals surface area contributed by atoms with Crippen molar-refractivity contribution in [1.82, 2.24) is 5.32 Å². The predicted octanol–water partition coefficient (Wildman–Crippen LogP) is 3.41. The van der Waals surface area contributed by atoms with E-state index in [1.165, 1.54) is 24.2 Å². The summed E-state index contributed by atoms with van der Waals surface area (Å²) in [5, 5.41) is 5.29. The Morgan fingerprint density at radius 3 is 2.81 bits per heavy atom. The average molecular weight is 434 g/mol. The maximum Gasteiger partial charge on any atom is 0.271 e. The number of thiophene rings is 1. The molecular formula is C14H15IN2O2S2. The fourth-order valence-corrected chi connectivity index (χ4v) is 4.70. The molecule has 0 bridgehead atoms. The third kappa shape index (κ3) is 4.18. The van der Waals surface area contributed by atoms with Gasteiger partial charge in [-0.2, -0.15) is 0 Å². The van der Waals surface area contributed by atoms with Crippen molar-refractivity contribution >= 4 is 49.6 Å². The van der Waals surface area contributed by atoms with Crippen molar-refractivity contribution in [2.75, 3.05) is 4.72 Å². The normalized spacial score (nSPS) is 15.1. The van der Waals surface area contributed by atoms with Crippen LogP contribution in [0.1, 0.15) is 18.4 Å². The molecule has 1 aliphatic rings. The van der Waals surface area contributed by atoms with Crippen LogP contribution in [0.25, 0.3) is 0 Å². The van der Waals surface area contributed by atoms with E-state index in [9.17, 15) is 8.42 Å². The molecule has 1 saturated carbocycles. The number of halogens is 1. The van der Waals surface area contributed by atoms with E-state index >= 15 is 0 Å². The van der Waals surface area contributed by atoms with Gasteiger partial charge in [0.25, 0.3) is 10.0 Å². The van der Waals surface area contributed by atoms with Gasteiger partial charge in [-0.1, -0.05) is 6.07 Å². The lowest BCUT2D eigenvalue weighted by Gasteiger charge is -2.06. The molecule has 0 amide bonds. The van der Waals surface area contributed by atoms with Crippen molar-refractivity contribution in [3.63, 3.8) is 0 Å². The first kappa shape index (κ1) is 15.3. The molecule has 0 unspecified atom stereocenters. The molecule has 0 atom stereocenters. The van der Waals surface area contributed by atoms with Crippen LogP contribution in [0.15, 0.2) is 39.9 Å². The molecule has 112 valence electrons. The Hall–Kier alpha value is -0.640. The smallest absolute Gasteiger partial charge is 0.271 e. The molecule has 0 saturated heterocycles. The monoisotopic (exact) mass is 434 g/mol. The summed E-state index contributed by atoms with van der Waals surface area (Å²) in [5.41, 5.74) is 1.61. The molecular weight excluding hydrogens is 419 g/mol. The van der Waals surface area contributed by atoms with Crippen LogP contribution in [0.5, 0.6) is 0 Å². The Kier molecular flexibility index (Phi) is 4.53. The van der Waals surface area contributed by atoms with Crippen molar-refractivity contribution in [3.8, 4) is 0 Å². The minimum atomic E-state index is -3.49. The number of benzene rings is 1. The second-order valence-corrected chi connectivity index (χ2v) is 9.11. The Labute approximate surface area is 142 Å². The summed E-state index contributed by atoms with van der Waals surface area (Å²) < 4.78 is 28.7. The molecule has 4 nitrogen and oxygen atoms in total. The standard InChI is InChI=1S/C14H15IN2O2S2/c15-11-2-1-3-13(7-11)17-21(18,19)14-6-10(9-20-14)8-16-12-4-5-12/h1-3,6-7,9,12,16-17H,4-5,8H2. The fraction of sp³-hybridized carbons (Fsp3) is 0.286. The highest BCUT2D eigenvalue weighted by molar-refractivity contribution is 14.1. The van der Waals surface area contributed by atoms with Crippen LogP contribution in [0.2, 0.25) is 0 Å². The summed E-state index contributed by atoms with van der Waals surface area (Å²) in [5.74, 6) is 0. The lowest BCUT2D eigenvalue weighted by Crippen LogP contribution is -2.15. The number of hydrogen-bond acceptors (Lipinski definition) is 4. The van der Waals surface area contributed by atoms with Crippen LogP contribution in [-0.4, -0.2) is 14.5 Å². The van der Waals surface area contributed by atoms with E-state index < -0.39 is 10.0 Å². The highest BCUT2D eigenvalue weighted by Crippen LogP contribution is 2.25. The van der Waals surface area contributed by atoms with Crippen molar-refractivity contribution in [1.29, 1.82) is 0 Å². The van der Waals surface area contributed by atoms with Gasteiger partial charge in [-0.25, -0.2) is 8.42 Å². The molecule has 3 rings (SSSR count). The van der Waals surface area contributed by atoms with Gasteiger partial charge in [0.2, 0.25) is 0 Å². The molecule has 0 radical (unpaired) electrons. The first-order valence-corrected chi connectivity index (χ1v) is 10.1. The van der Waals surface area contributed by atoms with E-state index in [0.29, 0.717) is 15.9 Å². The Morgan fingerprint density at radius 1 is 1.29 bits per heavy atom. The van der Waals surface area contributed by atoms with E-state index in [0.717, 1.165) is 15.7 Å². The largest absolute Gasteiger partial charge is 0.310 e. The van der Waals surface area contributed by atoms with Gasteiger partial charge >= 0.3 is 0 Å². The number of anilines is 1. The number of hydrogen-bond donors (Lipinski definition) is 2. The van der Waals surface area contributed by atoms with Crippen molar-refractivity contribution in [2.24, 2.45) is 0 Å². The Bertz CT molecular complexity index is 739. The summed E-state index contributed by atoms with van der Waals surface area (Å²) in [6.07, 6.45) is 2.45. The average Bonchev–Trinajstić information content (AvgIpc) is 3.12. The van der Waals surface area contributed by atoms with Gasteiger partial charge in [-0.15, -0.1) is 11.3 Å². The van der Waals surface area contributed by atoms with E-state index in [2.05, 4.69) is 32.6 Å². The van der Waals surface area contributed by atoms with Gasteiger partial charge < -0.3 is 5.32 Å². The summed E-state index contributed by atoms with van der Waals surface area (Å²) in [6, 6.07) is 9.68. The highest BCUT2D eigenvalue weighted by atomic mass is 127. The molecule has 2 N–H and O–H groups in total. The van der Waals surface area contributed by atoms with Crippen LogP contribution in [0.3, 0.4) is 0 Å². The lowest BCUT2D eigenvalue weighted by atomic mass is 10.3. The first-order valence-electron chi connectivity index (χ1n) is 6.62. The molecule has 21 heavy (non-hydrogen) atoms. The zero-order chi connectivity index (χ0) is 14.9. The number of rotatable bonds is 6. The maximum atomic E-state index is 12.4. The Morgan fingerprint density at radius 2 is 2.10 bits per heavy atom. The second kappa shape index (κ2) is 6.23.